The second kappa shape index (κ2) is 6.46. The smallest absolute Gasteiger partial charge is 0.180 e. The molecule has 0 aromatic heterocycles. The van der Waals surface area contributed by atoms with E-state index < -0.39 is 15.4 Å². The topological polar surface area (TPSA) is 57.6 Å². The molecule has 0 saturated heterocycles. The number of phenolic OH excluding ortho intramolecular Hbond substituents is 1. The molecule has 1 unspecified atom stereocenters. The van der Waals surface area contributed by atoms with Crippen molar-refractivity contribution in [3.05, 3.63) is 59.7 Å². The van der Waals surface area contributed by atoms with Crippen molar-refractivity contribution in [1.29, 1.82) is 0 Å². The second-order valence-corrected chi connectivity index (χ2v) is 8.79. The van der Waals surface area contributed by atoms with Crippen LogP contribution < -0.4 is 0 Å². The van der Waals surface area contributed by atoms with Gasteiger partial charge < -0.3 is 5.11 Å². The Bertz CT molecular complexity index is 858. The van der Waals surface area contributed by atoms with Gasteiger partial charge in [-0.3, -0.25) is 4.90 Å². The largest absolute Gasteiger partial charge is 0.508 e. The Hall–Kier alpha value is -1.85. The zero-order chi connectivity index (χ0) is 18.2. The minimum absolute atomic E-state index is 0.0164. The molecule has 1 atom stereocenters. The number of aromatic hydroxyl groups is 1. The molecule has 1 N–H and O–H groups in total. The molecule has 2 aromatic rings. The van der Waals surface area contributed by atoms with Crippen LogP contribution >= 0.6 is 0 Å². The summed E-state index contributed by atoms with van der Waals surface area (Å²) in [6, 6.07) is 14.5. The second-order valence-electron chi connectivity index (χ2n) is 6.84. The molecule has 1 aliphatic heterocycles. The van der Waals surface area contributed by atoms with Gasteiger partial charge in [0.2, 0.25) is 0 Å². The summed E-state index contributed by atoms with van der Waals surface area (Å²) in [7, 11) is -1.49. The van der Waals surface area contributed by atoms with Gasteiger partial charge >= 0.3 is 0 Å². The van der Waals surface area contributed by atoms with Gasteiger partial charge in [-0.1, -0.05) is 50.2 Å². The zero-order valence-corrected chi connectivity index (χ0v) is 15.8. The molecule has 1 heterocycles. The first-order valence-electron chi connectivity index (χ1n) is 8.68. The first kappa shape index (κ1) is 18.0. The summed E-state index contributed by atoms with van der Waals surface area (Å²) in [6.45, 7) is 4.09. The molecule has 134 valence electrons. The van der Waals surface area contributed by atoms with Gasteiger partial charge in [0.1, 0.15) is 5.75 Å². The number of sulfone groups is 1. The van der Waals surface area contributed by atoms with Gasteiger partial charge in [-0.05, 0) is 43.1 Å². The van der Waals surface area contributed by atoms with Crippen LogP contribution in [-0.2, 0) is 9.84 Å². The minimum atomic E-state index is -3.51. The number of fused-ring (bicyclic) bond motifs is 1. The van der Waals surface area contributed by atoms with Gasteiger partial charge in [0, 0.05) is 5.54 Å². The number of hydrogen-bond donors (Lipinski definition) is 1. The molecule has 2 aromatic carbocycles. The minimum Gasteiger partial charge on any atom is -0.508 e. The Morgan fingerprint density at radius 2 is 1.76 bits per heavy atom. The zero-order valence-electron chi connectivity index (χ0n) is 14.9. The summed E-state index contributed by atoms with van der Waals surface area (Å²) in [6.07, 6.45) is 1.48. The van der Waals surface area contributed by atoms with E-state index in [0.29, 0.717) is 0 Å². The molecule has 3 rings (SSSR count). The third-order valence-electron chi connectivity index (χ3n) is 5.65. The molecule has 1 aliphatic rings. The maximum Gasteiger partial charge on any atom is 0.180 e. The summed E-state index contributed by atoms with van der Waals surface area (Å²) < 4.78 is 26.3. The van der Waals surface area contributed by atoms with Crippen LogP contribution in [-0.4, -0.2) is 36.8 Å². The van der Waals surface area contributed by atoms with Crippen molar-refractivity contribution in [1.82, 2.24) is 4.90 Å². The van der Waals surface area contributed by atoms with E-state index in [-0.39, 0.29) is 22.4 Å². The SMILES string of the molecule is CCC1(CC)CS(=O)(=O)c2cc(O)ccc2C(c2ccccc2)N1C. The molecule has 0 aliphatic carbocycles. The van der Waals surface area contributed by atoms with Gasteiger partial charge in [0.15, 0.2) is 9.84 Å². The molecule has 0 amide bonds. The van der Waals surface area contributed by atoms with Crippen molar-refractivity contribution in [2.24, 2.45) is 0 Å². The van der Waals surface area contributed by atoms with Crippen LogP contribution in [0.3, 0.4) is 0 Å². The van der Waals surface area contributed by atoms with Gasteiger partial charge in [-0.2, -0.15) is 0 Å². The molecular weight excluding hydrogens is 334 g/mol. The van der Waals surface area contributed by atoms with Crippen molar-refractivity contribution in [3.8, 4) is 5.75 Å². The van der Waals surface area contributed by atoms with Crippen LogP contribution in [0.15, 0.2) is 53.4 Å². The average molecular weight is 359 g/mol. The molecule has 0 bridgehead atoms. The summed E-state index contributed by atoms with van der Waals surface area (Å²) in [5, 5.41) is 9.90. The van der Waals surface area contributed by atoms with Gasteiger partial charge in [-0.15, -0.1) is 0 Å². The highest BCUT2D eigenvalue weighted by molar-refractivity contribution is 7.91. The van der Waals surface area contributed by atoms with Crippen LogP contribution in [0.1, 0.15) is 43.9 Å². The third-order valence-corrected chi connectivity index (χ3v) is 7.59. The highest BCUT2D eigenvalue weighted by Gasteiger charge is 2.45. The Kier molecular flexibility index (Phi) is 4.64. The quantitative estimate of drug-likeness (QED) is 0.906. The van der Waals surface area contributed by atoms with E-state index in [1.807, 2.05) is 51.2 Å². The fourth-order valence-corrected chi connectivity index (χ4v) is 6.34. The summed E-state index contributed by atoms with van der Waals surface area (Å²) >= 11 is 0. The van der Waals surface area contributed by atoms with Crippen LogP contribution in [0.25, 0.3) is 0 Å². The highest BCUT2D eigenvalue weighted by Crippen LogP contribution is 2.44. The lowest BCUT2D eigenvalue weighted by molar-refractivity contribution is 0.0989. The van der Waals surface area contributed by atoms with Crippen LogP contribution in [0.2, 0.25) is 0 Å². The highest BCUT2D eigenvalue weighted by atomic mass is 32.2. The van der Waals surface area contributed by atoms with Crippen molar-refractivity contribution in [3.63, 3.8) is 0 Å². The average Bonchev–Trinajstić information content (AvgIpc) is 2.68. The molecule has 0 saturated carbocycles. The number of nitrogens with zero attached hydrogens (tertiary/aromatic N) is 1. The summed E-state index contributed by atoms with van der Waals surface area (Å²) in [5.41, 5.74) is 1.34. The summed E-state index contributed by atoms with van der Waals surface area (Å²) in [4.78, 5) is 2.46. The molecule has 0 radical (unpaired) electrons. The van der Waals surface area contributed by atoms with Gasteiger partial charge in [-0.25, -0.2) is 8.42 Å². The maximum absolute atomic E-state index is 13.2. The lowest BCUT2D eigenvalue weighted by Gasteiger charge is -2.43. The number of hydrogen-bond acceptors (Lipinski definition) is 4. The van der Waals surface area contributed by atoms with Crippen molar-refractivity contribution >= 4 is 9.84 Å². The Balaban J connectivity index is 2.34. The van der Waals surface area contributed by atoms with Crippen LogP contribution in [0.4, 0.5) is 0 Å². The predicted octanol–water partition coefficient (Wildman–Crippen LogP) is 3.76. The van der Waals surface area contributed by atoms with Crippen LogP contribution in [0.5, 0.6) is 5.75 Å². The normalized spacial score (nSPS) is 22.1. The molecule has 0 spiro atoms. The number of phenols is 1. The predicted molar refractivity (Wildman–Crippen MR) is 99.5 cm³/mol. The summed E-state index contributed by atoms with van der Waals surface area (Å²) in [5.74, 6) is 0.0424. The Morgan fingerprint density at radius 3 is 2.36 bits per heavy atom. The lowest BCUT2D eigenvalue weighted by atomic mass is 9.88. The fraction of sp³-hybridized carbons (Fsp3) is 0.400. The monoisotopic (exact) mass is 359 g/mol. The maximum atomic E-state index is 13.2. The van der Waals surface area contributed by atoms with E-state index >= 15 is 0 Å². The molecule has 5 heteroatoms. The molecule has 25 heavy (non-hydrogen) atoms. The first-order chi connectivity index (χ1) is 11.8. The van der Waals surface area contributed by atoms with Crippen molar-refractivity contribution in [2.45, 2.75) is 43.2 Å². The standard InChI is InChI=1S/C20H25NO3S/c1-4-20(5-2)14-25(23,24)18-13-16(22)11-12-17(18)19(21(20)3)15-9-7-6-8-10-15/h6-13,19,22H,4-5,14H2,1-3H3. The third kappa shape index (κ3) is 2.96. The van der Waals surface area contributed by atoms with E-state index in [9.17, 15) is 13.5 Å². The number of benzene rings is 2. The van der Waals surface area contributed by atoms with Gasteiger partial charge in [0.25, 0.3) is 0 Å². The first-order valence-corrected chi connectivity index (χ1v) is 10.3. The lowest BCUT2D eigenvalue weighted by Crippen LogP contribution is -2.50. The Labute approximate surface area is 150 Å². The van der Waals surface area contributed by atoms with Crippen molar-refractivity contribution in [2.75, 3.05) is 12.8 Å². The molecule has 0 fully saturated rings. The van der Waals surface area contributed by atoms with E-state index in [1.165, 1.54) is 6.07 Å². The van der Waals surface area contributed by atoms with Crippen molar-refractivity contribution < 1.29 is 13.5 Å². The van der Waals surface area contributed by atoms with E-state index in [2.05, 4.69) is 4.90 Å². The van der Waals surface area contributed by atoms with E-state index in [4.69, 9.17) is 0 Å². The molecule has 4 nitrogen and oxygen atoms in total. The van der Waals surface area contributed by atoms with E-state index in [1.54, 1.807) is 12.1 Å². The van der Waals surface area contributed by atoms with Gasteiger partial charge in [0.05, 0.1) is 16.7 Å². The Morgan fingerprint density at radius 1 is 1.12 bits per heavy atom. The number of rotatable bonds is 3. The van der Waals surface area contributed by atoms with E-state index in [0.717, 1.165) is 24.0 Å². The fourth-order valence-electron chi connectivity index (χ4n) is 4.03. The molecular formula is C20H25NO3S. The van der Waals surface area contributed by atoms with Crippen LogP contribution in [0, 0.1) is 0 Å².